The van der Waals surface area contributed by atoms with Crippen LogP contribution in [0.3, 0.4) is 0 Å². The number of aliphatic imine (C=N–C) groups is 1. The van der Waals surface area contributed by atoms with Crippen LogP contribution in [0.1, 0.15) is 49.5 Å². The van der Waals surface area contributed by atoms with Crippen LogP contribution in [0, 0.1) is 5.82 Å². The van der Waals surface area contributed by atoms with E-state index in [9.17, 15) is 4.39 Å². The van der Waals surface area contributed by atoms with Gasteiger partial charge in [0.2, 0.25) is 0 Å². The number of nitrogens with one attached hydrogen (secondary N) is 2. The van der Waals surface area contributed by atoms with E-state index in [1.165, 1.54) is 31.7 Å². The summed E-state index contributed by atoms with van der Waals surface area (Å²) in [7, 11) is 1.72. The van der Waals surface area contributed by atoms with Crippen LogP contribution in [0.5, 0.6) is 0 Å². The monoisotopic (exact) mass is 532 g/mol. The van der Waals surface area contributed by atoms with Crippen LogP contribution >= 0.6 is 35.7 Å². The zero-order valence-electron chi connectivity index (χ0n) is 17.0. The Hall–Kier alpha value is -1.36. The fraction of sp³-hybridized carbons (Fsp3) is 0.550. The van der Waals surface area contributed by atoms with Crippen molar-refractivity contribution < 1.29 is 4.39 Å². The molecule has 0 spiro atoms. The maximum absolute atomic E-state index is 13.7. The first kappa shape index (κ1) is 23.9. The lowest BCUT2D eigenvalue weighted by molar-refractivity contribution is 0.460. The molecule has 0 atom stereocenters. The van der Waals surface area contributed by atoms with Gasteiger partial charge in [-0.2, -0.15) is 0 Å². The molecule has 1 saturated carbocycles. The predicted octanol–water partition coefficient (Wildman–Crippen LogP) is 4.17. The van der Waals surface area contributed by atoms with Crippen molar-refractivity contribution in [3.63, 3.8) is 0 Å². The minimum absolute atomic E-state index is 0. The Morgan fingerprint density at radius 2 is 2.00 bits per heavy atom. The molecule has 3 rings (SSSR count). The van der Waals surface area contributed by atoms with Crippen LogP contribution in [-0.2, 0) is 13.0 Å². The highest BCUT2D eigenvalue weighted by molar-refractivity contribution is 14.0. The normalized spacial score (nSPS) is 14.7. The minimum atomic E-state index is -0.207. The number of halogens is 2. The summed E-state index contributed by atoms with van der Waals surface area (Å²) in [6.07, 6.45) is 8.91. The molecule has 6 nitrogen and oxygen atoms in total. The molecule has 160 valence electrons. The highest BCUT2D eigenvalue weighted by Crippen LogP contribution is 2.33. The zero-order valence-corrected chi connectivity index (χ0v) is 20.2. The first-order valence-electron chi connectivity index (χ1n) is 9.88. The molecule has 2 N–H and O–H groups in total. The van der Waals surface area contributed by atoms with Crippen LogP contribution in [0.2, 0.25) is 0 Å². The summed E-state index contributed by atoms with van der Waals surface area (Å²) in [5, 5.41) is 16.3. The molecular formula is C20H30FIN6S. The third kappa shape index (κ3) is 6.56. The molecule has 1 aliphatic rings. The number of aromatic nitrogens is 3. The van der Waals surface area contributed by atoms with E-state index in [0.29, 0.717) is 24.1 Å². The molecule has 0 bridgehead atoms. The number of aryl methyl sites for hydroxylation is 1. The second kappa shape index (κ2) is 12.4. The minimum Gasteiger partial charge on any atom is -0.356 e. The average Bonchev–Trinajstić information content (AvgIpc) is 3.37. The van der Waals surface area contributed by atoms with E-state index in [1.54, 1.807) is 30.9 Å². The molecule has 0 saturated heterocycles. The fourth-order valence-electron chi connectivity index (χ4n) is 3.64. The standard InChI is InChI=1S/C20H29FN6S.HI/c1-22-19(24-14-15-8-3-6-11-17(15)21)23-13-7-12-18-25-26-20(28-2)27(18)16-9-4-5-10-16;/h3,6,8,11,16H,4-5,7,9-10,12-14H2,1-2H3,(H2,22,23,24);1H. The Kier molecular flexibility index (Phi) is 10.2. The first-order valence-corrected chi connectivity index (χ1v) is 11.1. The topological polar surface area (TPSA) is 67.1 Å². The van der Waals surface area contributed by atoms with Gasteiger partial charge in [0, 0.05) is 38.2 Å². The number of hydrogen-bond acceptors (Lipinski definition) is 4. The predicted molar refractivity (Wildman–Crippen MR) is 128 cm³/mol. The second-order valence-electron chi connectivity index (χ2n) is 6.96. The summed E-state index contributed by atoms with van der Waals surface area (Å²) < 4.78 is 16.1. The van der Waals surface area contributed by atoms with Gasteiger partial charge in [0.25, 0.3) is 0 Å². The third-order valence-electron chi connectivity index (χ3n) is 5.10. The highest BCUT2D eigenvalue weighted by Gasteiger charge is 2.23. The summed E-state index contributed by atoms with van der Waals surface area (Å²) in [6.45, 7) is 1.17. The van der Waals surface area contributed by atoms with Crippen LogP contribution in [-0.4, -0.2) is 40.6 Å². The van der Waals surface area contributed by atoms with E-state index < -0.39 is 0 Å². The number of benzene rings is 1. The van der Waals surface area contributed by atoms with Crippen molar-refractivity contribution in [2.24, 2.45) is 4.99 Å². The summed E-state index contributed by atoms with van der Waals surface area (Å²) in [5.41, 5.74) is 0.625. The van der Waals surface area contributed by atoms with Gasteiger partial charge in [0.15, 0.2) is 11.1 Å². The van der Waals surface area contributed by atoms with Crippen LogP contribution in [0.25, 0.3) is 0 Å². The maximum Gasteiger partial charge on any atom is 0.191 e. The Bertz CT molecular complexity index is 791. The molecule has 29 heavy (non-hydrogen) atoms. The van der Waals surface area contributed by atoms with Gasteiger partial charge in [-0.05, 0) is 31.6 Å². The molecular weight excluding hydrogens is 502 g/mol. The molecule has 1 aromatic heterocycles. The molecule has 0 aliphatic heterocycles. The van der Waals surface area contributed by atoms with Gasteiger partial charge >= 0.3 is 0 Å². The summed E-state index contributed by atoms with van der Waals surface area (Å²) >= 11 is 1.67. The number of hydrogen-bond donors (Lipinski definition) is 2. The molecule has 1 fully saturated rings. The van der Waals surface area contributed by atoms with Crippen molar-refractivity contribution in [2.75, 3.05) is 19.8 Å². The second-order valence-corrected chi connectivity index (χ2v) is 7.73. The van der Waals surface area contributed by atoms with Crippen molar-refractivity contribution in [3.05, 3.63) is 41.5 Å². The lowest BCUT2D eigenvalue weighted by atomic mass is 10.2. The lowest BCUT2D eigenvalue weighted by Crippen LogP contribution is -2.37. The lowest BCUT2D eigenvalue weighted by Gasteiger charge is -2.16. The summed E-state index contributed by atoms with van der Waals surface area (Å²) in [6, 6.07) is 7.32. The number of nitrogens with zero attached hydrogens (tertiary/aromatic N) is 4. The van der Waals surface area contributed by atoms with Gasteiger partial charge in [-0.3, -0.25) is 4.99 Å². The quantitative estimate of drug-likeness (QED) is 0.176. The fourth-order valence-corrected chi connectivity index (χ4v) is 4.21. The van der Waals surface area contributed by atoms with Gasteiger partial charge in [-0.25, -0.2) is 4.39 Å². The van der Waals surface area contributed by atoms with E-state index in [0.717, 1.165) is 30.4 Å². The van der Waals surface area contributed by atoms with Crippen LogP contribution in [0.15, 0.2) is 34.4 Å². The van der Waals surface area contributed by atoms with Crippen LogP contribution in [0.4, 0.5) is 4.39 Å². The Morgan fingerprint density at radius 1 is 1.24 bits per heavy atom. The van der Waals surface area contributed by atoms with Crippen molar-refractivity contribution in [3.8, 4) is 0 Å². The number of rotatable bonds is 8. The van der Waals surface area contributed by atoms with E-state index in [-0.39, 0.29) is 29.8 Å². The Balaban J connectivity index is 0.00000300. The smallest absolute Gasteiger partial charge is 0.191 e. The molecule has 2 aromatic rings. The number of guanidine groups is 1. The molecule has 1 heterocycles. The Morgan fingerprint density at radius 3 is 2.69 bits per heavy atom. The van der Waals surface area contributed by atoms with Crippen molar-refractivity contribution in [2.45, 2.75) is 56.3 Å². The van der Waals surface area contributed by atoms with Crippen LogP contribution < -0.4 is 10.6 Å². The average molecular weight is 532 g/mol. The molecule has 0 unspecified atom stereocenters. The zero-order chi connectivity index (χ0) is 19.8. The van der Waals surface area contributed by atoms with E-state index in [2.05, 4.69) is 36.6 Å². The largest absolute Gasteiger partial charge is 0.356 e. The molecule has 9 heteroatoms. The summed E-state index contributed by atoms with van der Waals surface area (Å²) in [4.78, 5) is 4.21. The van der Waals surface area contributed by atoms with Gasteiger partial charge < -0.3 is 15.2 Å². The van der Waals surface area contributed by atoms with Crippen molar-refractivity contribution >= 4 is 41.7 Å². The van der Waals surface area contributed by atoms with Crippen molar-refractivity contribution in [1.29, 1.82) is 0 Å². The van der Waals surface area contributed by atoms with Gasteiger partial charge in [0.05, 0.1) is 0 Å². The van der Waals surface area contributed by atoms with E-state index >= 15 is 0 Å². The SMILES string of the molecule is CN=C(NCCCc1nnc(SC)n1C1CCCC1)NCc1ccccc1F.I. The van der Waals surface area contributed by atoms with E-state index in [1.807, 2.05) is 6.07 Å². The van der Waals surface area contributed by atoms with Gasteiger partial charge in [0.1, 0.15) is 11.6 Å². The molecule has 1 aromatic carbocycles. The first-order chi connectivity index (χ1) is 13.7. The molecule has 1 aliphatic carbocycles. The third-order valence-corrected chi connectivity index (χ3v) is 5.75. The van der Waals surface area contributed by atoms with Gasteiger partial charge in [-0.1, -0.05) is 42.8 Å². The maximum atomic E-state index is 13.7. The molecule has 0 amide bonds. The van der Waals surface area contributed by atoms with Crippen molar-refractivity contribution in [1.82, 2.24) is 25.4 Å². The summed E-state index contributed by atoms with van der Waals surface area (Å²) in [5.74, 6) is 1.54. The Labute approximate surface area is 193 Å². The van der Waals surface area contributed by atoms with E-state index in [4.69, 9.17) is 0 Å². The molecule has 0 radical (unpaired) electrons. The van der Waals surface area contributed by atoms with Gasteiger partial charge in [-0.15, -0.1) is 34.2 Å². The number of thioether (sulfide) groups is 1. The highest BCUT2D eigenvalue weighted by atomic mass is 127.